The molecule has 0 bridgehead atoms. The Morgan fingerprint density at radius 2 is 1.75 bits per heavy atom. The van der Waals surface area contributed by atoms with E-state index in [0.717, 1.165) is 4.31 Å². The largest absolute Gasteiger partial charge is 0.391 e. The normalized spacial score (nSPS) is 23.3. The van der Waals surface area contributed by atoms with E-state index in [-0.39, 0.29) is 56.6 Å². The maximum absolute atomic E-state index is 12.9. The van der Waals surface area contributed by atoms with E-state index < -0.39 is 46.1 Å². The van der Waals surface area contributed by atoms with E-state index in [1.165, 1.54) is 23.1 Å². The lowest BCUT2D eigenvalue weighted by molar-refractivity contribution is -0.182. The monoisotopic (exact) mass is 474 g/mol. The minimum atomic E-state index is -4.36. The van der Waals surface area contributed by atoms with E-state index in [4.69, 9.17) is 0 Å². The average molecular weight is 474 g/mol. The second-order valence-electron chi connectivity index (χ2n) is 8.05. The lowest BCUT2D eigenvalue weighted by Gasteiger charge is -2.32. The molecule has 0 radical (unpaired) electrons. The van der Waals surface area contributed by atoms with Crippen LogP contribution in [0.3, 0.4) is 0 Å². The van der Waals surface area contributed by atoms with E-state index in [9.17, 15) is 36.0 Å². The van der Waals surface area contributed by atoms with Crippen molar-refractivity contribution in [3.05, 3.63) is 29.3 Å². The summed E-state index contributed by atoms with van der Waals surface area (Å²) in [5, 5.41) is 2.19. The van der Waals surface area contributed by atoms with Gasteiger partial charge in [-0.05, 0) is 31.4 Å². The van der Waals surface area contributed by atoms with Gasteiger partial charge in [0.15, 0.2) is 0 Å². The van der Waals surface area contributed by atoms with E-state index in [1.54, 1.807) is 0 Å². The quantitative estimate of drug-likeness (QED) is 0.640. The summed E-state index contributed by atoms with van der Waals surface area (Å²) in [5.74, 6) is -2.99. The number of nitrogens with zero attached hydrogens (tertiary/aromatic N) is 2. The lowest BCUT2D eigenvalue weighted by Crippen LogP contribution is -2.52. The van der Waals surface area contributed by atoms with Gasteiger partial charge in [0.1, 0.15) is 6.04 Å². The topological polar surface area (TPSA) is 116 Å². The van der Waals surface area contributed by atoms with Gasteiger partial charge in [0.25, 0.3) is 5.91 Å². The molecule has 174 valence electrons. The van der Waals surface area contributed by atoms with E-state index in [1.807, 2.05) is 0 Å². The molecule has 2 N–H and O–H groups in total. The van der Waals surface area contributed by atoms with Gasteiger partial charge in [0.05, 0.1) is 11.6 Å². The highest BCUT2D eigenvalue weighted by Gasteiger charge is 2.43. The molecule has 4 rings (SSSR count). The summed E-state index contributed by atoms with van der Waals surface area (Å²) in [7, 11) is -4.14. The predicted molar refractivity (Wildman–Crippen MR) is 105 cm³/mol. The van der Waals surface area contributed by atoms with Gasteiger partial charge < -0.3 is 4.90 Å². The van der Waals surface area contributed by atoms with Gasteiger partial charge in [-0.3, -0.25) is 24.4 Å². The van der Waals surface area contributed by atoms with Gasteiger partial charge in [-0.2, -0.15) is 25.9 Å². The van der Waals surface area contributed by atoms with Crippen molar-refractivity contribution >= 4 is 33.6 Å². The van der Waals surface area contributed by atoms with Crippen molar-refractivity contribution in [2.24, 2.45) is 5.92 Å². The average Bonchev–Trinajstić information content (AvgIpc) is 3.05. The van der Waals surface area contributed by atoms with Crippen LogP contribution in [-0.2, 0) is 26.3 Å². The summed E-state index contributed by atoms with van der Waals surface area (Å²) in [5.41, 5.74) is 0.727. The number of carbonyl (C=O) groups excluding carboxylic acids is 3. The first-order chi connectivity index (χ1) is 15.0. The van der Waals surface area contributed by atoms with E-state index >= 15 is 0 Å². The van der Waals surface area contributed by atoms with Gasteiger partial charge in [-0.25, -0.2) is 0 Å². The number of rotatable bonds is 4. The number of carbonyl (C=O) groups is 3. The van der Waals surface area contributed by atoms with Crippen LogP contribution in [-0.4, -0.2) is 60.7 Å². The summed E-state index contributed by atoms with van der Waals surface area (Å²) in [4.78, 5) is 37.7. The zero-order chi connectivity index (χ0) is 23.3. The molecule has 1 unspecified atom stereocenters. The highest BCUT2D eigenvalue weighted by Crippen LogP contribution is 2.36. The number of imide groups is 1. The third-order valence-electron chi connectivity index (χ3n) is 6.08. The maximum Gasteiger partial charge on any atom is 0.391 e. The number of benzene rings is 1. The molecule has 2 fully saturated rings. The lowest BCUT2D eigenvalue weighted by atomic mass is 9.98. The molecule has 1 aromatic carbocycles. The smallest absolute Gasteiger partial charge is 0.322 e. The Labute approximate surface area is 182 Å². The Morgan fingerprint density at radius 1 is 1.06 bits per heavy atom. The van der Waals surface area contributed by atoms with Crippen molar-refractivity contribution in [3.8, 4) is 0 Å². The van der Waals surface area contributed by atoms with Crippen LogP contribution < -0.4 is 10.0 Å². The Balaban J connectivity index is 1.50. The number of alkyl halides is 3. The van der Waals surface area contributed by atoms with Gasteiger partial charge >= 0.3 is 16.4 Å². The van der Waals surface area contributed by atoms with Crippen LogP contribution in [0, 0.1) is 5.92 Å². The number of anilines is 1. The van der Waals surface area contributed by atoms with E-state index in [0.29, 0.717) is 5.56 Å². The Morgan fingerprint density at radius 3 is 2.38 bits per heavy atom. The molecule has 0 saturated carbocycles. The third kappa shape index (κ3) is 4.18. The second-order valence-corrected chi connectivity index (χ2v) is 9.72. The number of hydrogen-bond acceptors (Lipinski definition) is 5. The summed E-state index contributed by atoms with van der Waals surface area (Å²) in [6.07, 6.45) is -4.74. The molecule has 0 aliphatic carbocycles. The predicted octanol–water partition coefficient (Wildman–Crippen LogP) is 1.38. The molecular weight excluding hydrogens is 453 g/mol. The first-order valence-corrected chi connectivity index (χ1v) is 11.5. The van der Waals surface area contributed by atoms with Crippen LogP contribution in [0.25, 0.3) is 0 Å². The highest BCUT2D eigenvalue weighted by atomic mass is 32.2. The Hall–Kier alpha value is -2.67. The first-order valence-electron chi connectivity index (χ1n) is 10.1. The number of hydrogen-bond donors (Lipinski definition) is 2. The zero-order valence-corrected chi connectivity index (χ0v) is 17.6. The molecule has 13 heteroatoms. The standard InChI is InChI=1S/C19H21F3N4O5S/c20-19(21,22)11-6-8-25(9-7-11)32(30,31)24-14-3-1-2-12-13(14)10-26(18(12)29)15-4-5-16(27)23-17(15)28/h1-3,11,15,24H,4-10H2,(H,23,27,28). The van der Waals surface area contributed by atoms with Crippen molar-refractivity contribution in [2.75, 3.05) is 17.8 Å². The number of nitrogens with one attached hydrogen (secondary N) is 2. The molecule has 32 heavy (non-hydrogen) atoms. The van der Waals surface area contributed by atoms with Crippen LogP contribution in [0.4, 0.5) is 18.9 Å². The second kappa shape index (κ2) is 8.03. The fourth-order valence-corrected chi connectivity index (χ4v) is 5.60. The van der Waals surface area contributed by atoms with Crippen molar-refractivity contribution in [1.29, 1.82) is 0 Å². The summed E-state index contributed by atoms with van der Waals surface area (Å²) < 4.78 is 67.6. The summed E-state index contributed by atoms with van der Waals surface area (Å²) in [6, 6.07) is 3.60. The van der Waals surface area contributed by atoms with Crippen molar-refractivity contribution in [2.45, 2.75) is 44.4 Å². The zero-order valence-electron chi connectivity index (χ0n) is 16.8. The van der Waals surface area contributed by atoms with Crippen molar-refractivity contribution in [1.82, 2.24) is 14.5 Å². The maximum atomic E-state index is 12.9. The Bertz CT molecular complexity index is 1070. The molecule has 3 heterocycles. The van der Waals surface area contributed by atoms with Crippen LogP contribution in [0.2, 0.25) is 0 Å². The molecular formula is C19H21F3N4O5S. The summed E-state index contributed by atoms with van der Waals surface area (Å²) in [6.45, 7) is -0.568. The van der Waals surface area contributed by atoms with Crippen LogP contribution >= 0.6 is 0 Å². The fourth-order valence-electron chi connectivity index (χ4n) is 4.31. The molecule has 2 saturated heterocycles. The number of halogens is 3. The minimum absolute atomic E-state index is 0.0325. The molecule has 1 atom stereocenters. The number of amides is 3. The molecule has 0 spiro atoms. The van der Waals surface area contributed by atoms with Gasteiger partial charge in [0, 0.05) is 37.2 Å². The van der Waals surface area contributed by atoms with Gasteiger partial charge in [-0.15, -0.1) is 0 Å². The van der Waals surface area contributed by atoms with Crippen molar-refractivity contribution < 1.29 is 36.0 Å². The van der Waals surface area contributed by atoms with Crippen LogP contribution in [0.1, 0.15) is 41.6 Å². The molecule has 0 aromatic heterocycles. The minimum Gasteiger partial charge on any atom is -0.322 e. The number of fused-ring (bicyclic) bond motifs is 1. The first kappa shape index (κ1) is 22.5. The van der Waals surface area contributed by atoms with E-state index in [2.05, 4.69) is 10.0 Å². The highest BCUT2D eigenvalue weighted by molar-refractivity contribution is 7.90. The SMILES string of the molecule is O=C1CCC(N2Cc3c(NS(=O)(=O)N4CCC(C(F)(F)F)CC4)cccc3C2=O)C(=O)N1. The molecule has 3 aliphatic heterocycles. The third-order valence-corrected chi connectivity index (χ3v) is 7.60. The summed E-state index contributed by atoms with van der Waals surface area (Å²) >= 11 is 0. The van der Waals surface area contributed by atoms with Gasteiger partial charge in [-0.1, -0.05) is 6.07 Å². The molecule has 1 aromatic rings. The Kier molecular flexibility index (Phi) is 5.65. The molecule has 3 amide bonds. The number of piperidine rings is 2. The fraction of sp³-hybridized carbons (Fsp3) is 0.526. The van der Waals surface area contributed by atoms with Crippen LogP contribution in [0.15, 0.2) is 18.2 Å². The molecule has 3 aliphatic rings. The van der Waals surface area contributed by atoms with Crippen LogP contribution in [0.5, 0.6) is 0 Å². The van der Waals surface area contributed by atoms with Gasteiger partial charge in [0.2, 0.25) is 11.8 Å². The van der Waals surface area contributed by atoms with Crippen molar-refractivity contribution in [3.63, 3.8) is 0 Å². The molecule has 9 nitrogen and oxygen atoms in total.